The molecule has 0 fully saturated rings. The van der Waals surface area contributed by atoms with Crippen molar-refractivity contribution >= 4 is 11.9 Å². The number of carbonyl (C=O) groups excluding carboxylic acids is 1. The smallest absolute Gasteiger partial charge is 0.269 e. The number of carbonyl (C=O) groups is 1. The fraction of sp³-hybridized carbons (Fsp3) is 0.778. The van der Waals surface area contributed by atoms with Crippen LogP contribution in [-0.4, -0.2) is 26.5 Å². The maximum Gasteiger partial charge on any atom is 0.269 e. The second-order valence-electron chi connectivity index (χ2n) is 3.47. The van der Waals surface area contributed by atoms with Gasteiger partial charge in [-0.05, 0) is 18.1 Å². The minimum absolute atomic E-state index is 0.0210. The highest BCUT2D eigenvalue weighted by Gasteiger charge is 2.16. The van der Waals surface area contributed by atoms with Crippen LogP contribution in [0.3, 0.4) is 0 Å². The van der Waals surface area contributed by atoms with Gasteiger partial charge < -0.3 is 0 Å². The van der Waals surface area contributed by atoms with Crippen molar-refractivity contribution in [2.75, 3.05) is 5.32 Å². The van der Waals surface area contributed by atoms with E-state index in [-0.39, 0.29) is 17.8 Å². The molecule has 2 N–H and O–H groups in total. The van der Waals surface area contributed by atoms with Gasteiger partial charge in [0.05, 0.1) is 0 Å². The summed E-state index contributed by atoms with van der Waals surface area (Å²) < 4.78 is 0. The van der Waals surface area contributed by atoms with Gasteiger partial charge in [-0.2, -0.15) is 5.21 Å². The summed E-state index contributed by atoms with van der Waals surface area (Å²) in [5, 5.41) is 15.6. The summed E-state index contributed by atoms with van der Waals surface area (Å²) in [6, 6.07) is 0. The third-order valence-electron chi connectivity index (χ3n) is 2.35. The summed E-state index contributed by atoms with van der Waals surface area (Å²) >= 11 is 0. The normalized spacial score (nSPS) is 12.4. The van der Waals surface area contributed by atoms with E-state index in [0.717, 1.165) is 25.7 Å². The number of hydrogen-bond acceptors (Lipinski definition) is 4. The van der Waals surface area contributed by atoms with Crippen molar-refractivity contribution in [2.24, 2.45) is 5.92 Å². The van der Waals surface area contributed by atoms with Crippen molar-refractivity contribution in [3.05, 3.63) is 0 Å². The lowest BCUT2D eigenvalue weighted by Gasteiger charge is -2.12. The van der Waals surface area contributed by atoms with Gasteiger partial charge >= 0.3 is 0 Å². The van der Waals surface area contributed by atoms with Gasteiger partial charge in [0, 0.05) is 5.92 Å². The van der Waals surface area contributed by atoms with E-state index in [2.05, 4.69) is 32.9 Å². The van der Waals surface area contributed by atoms with E-state index in [1.165, 1.54) is 0 Å². The molecule has 0 bridgehead atoms. The number of H-pyrrole nitrogens is 1. The molecule has 0 radical (unpaired) electrons. The van der Waals surface area contributed by atoms with E-state index in [0.29, 0.717) is 0 Å². The molecule has 1 aromatic rings. The number of tetrazole rings is 1. The van der Waals surface area contributed by atoms with Gasteiger partial charge in [-0.15, -0.1) is 5.10 Å². The molecular formula is C9H17N5O. The standard InChI is InChI=1S/C9H17N5O/c1-3-5-6-7(4-2)8(15)10-9-11-13-14-12-9/h7H,3-6H2,1-2H3,(H2,10,11,12,13,14,15). The first kappa shape index (κ1) is 11.6. The number of aromatic amines is 1. The molecule has 1 rings (SSSR count). The van der Waals surface area contributed by atoms with Crippen LogP contribution in [-0.2, 0) is 4.79 Å². The van der Waals surface area contributed by atoms with Gasteiger partial charge in [0.15, 0.2) is 0 Å². The van der Waals surface area contributed by atoms with Gasteiger partial charge in [0.25, 0.3) is 5.95 Å². The third kappa shape index (κ3) is 3.65. The monoisotopic (exact) mass is 211 g/mol. The van der Waals surface area contributed by atoms with Crippen LogP contribution in [0.25, 0.3) is 0 Å². The fourth-order valence-corrected chi connectivity index (χ4v) is 1.40. The summed E-state index contributed by atoms with van der Waals surface area (Å²) in [4.78, 5) is 11.7. The number of rotatable bonds is 6. The molecule has 1 amide bonds. The van der Waals surface area contributed by atoms with E-state index in [4.69, 9.17) is 0 Å². The zero-order valence-corrected chi connectivity index (χ0v) is 9.16. The minimum Gasteiger partial charge on any atom is -0.292 e. The molecule has 6 heteroatoms. The highest BCUT2D eigenvalue weighted by atomic mass is 16.2. The largest absolute Gasteiger partial charge is 0.292 e. The number of nitrogens with zero attached hydrogens (tertiary/aromatic N) is 3. The van der Waals surface area contributed by atoms with E-state index in [1.807, 2.05) is 6.92 Å². The van der Waals surface area contributed by atoms with Gasteiger partial charge in [0.1, 0.15) is 0 Å². The van der Waals surface area contributed by atoms with Gasteiger partial charge in [0.2, 0.25) is 5.91 Å². The second-order valence-corrected chi connectivity index (χ2v) is 3.47. The molecule has 1 atom stereocenters. The Morgan fingerprint density at radius 2 is 2.33 bits per heavy atom. The first-order valence-electron chi connectivity index (χ1n) is 5.32. The molecule has 84 valence electrons. The molecule has 15 heavy (non-hydrogen) atoms. The highest BCUT2D eigenvalue weighted by Crippen LogP contribution is 2.13. The van der Waals surface area contributed by atoms with Crippen molar-refractivity contribution < 1.29 is 4.79 Å². The quantitative estimate of drug-likeness (QED) is 0.744. The van der Waals surface area contributed by atoms with Crippen LogP contribution < -0.4 is 5.32 Å². The summed E-state index contributed by atoms with van der Waals surface area (Å²) in [6.07, 6.45) is 3.92. The molecule has 1 aromatic heterocycles. The van der Waals surface area contributed by atoms with Crippen molar-refractivity contribution in [1.82, 2.24) is 20.6 Å². The number of unbranched alkanes of at least 4 members (excludes halogenated alkanes) is 1. The van der Waals surface area contributed by atoms with Crippen molar-refractivity contribution in [2.45, 2.75) is 39.5 Å². The van der Waals surface area contributed by atoms with Gasteiger partial charge in [-0.1, -0.05) is 31.8 Å². The average Bonchev–Trinajstić information content (AvgIpc) is 2.71. The Bertz CT molecular complexity index is 285. The second kappa shape index (κ2) is 6.10. The van der Waals surface area contributed by atoms with Crippen molar-refractivity contribution in [1.29, 1.82) is 0 Å². The zero-order chi connectivity index (χ0) is 11.1. The lowest BCUT2D eigenvalue weighted by atomic mass is 9.99. The van der Waals surface area contributed by atoms with E-state index in [1.54, 1.807) is 0 Å². The Labute approximate surface area is 88.8 Å². The van der Waals surface area contributed by atoms with Crippen LogP contribution in [0.4, 0.5) is 5.95 Å². The maximum atomic E-state index is 11.7. The van der Waals surface area contributed by atoms with Crippen LogP contribution in [0.5, 0.6) is 0 Å². The number of aromatic nitrogens is 4. The Morgan fingerprint density at radius 1 is 1.53 bits per heavy atom. The summed E-state index contributed by atoms with van der Waals surface area (Å²) in [5.41, 5.74) is 0. The molecule has 1 heterocycles. The molecule has 6 nitrogen and oxygen atoms in total. The molecule has 0 saturated carbocycles. The summed E-state index contributed by atoms with van der Waals surface area (Å²) in [6.45, 7) is 4.12. The summed E-state index contributed by atoms with van der Waals surface area (Å²) in [7, 11) is 0. The Kier molecular flexibility index (Phi) is 4.73. The topological polar surface area (TPSA) is 83.6 Å². The number of amides is 1. The highest BCUT2D eigenvalue weighted by molar-refractivity contribution is 5.90. The molecule has 1 unspecified atom stereocenters. The molecular weight excluding hydrogens is 194 g/mol. The minimum atomic E-state index is -0.0210. The maximum absolute atomic E-state index is 11.7. The number of hydrogen-bond donors (Lipinski definition) is 2. The van der Waals surface area contributed by atoms with E-state index < -0.39 is 0 Å². The molecule has 0 aliphatic carbocycles. The Morgan fingerprint density at radius 3 is 2.87 bits per heavy atom. The average molecular weight is 211 g/mol. The molecule has 0 aromatic carbocycles. The predicted octanol–water partition coefficient (Wildman–Crippen LogP) is 1.35. The third-order valence-corrected chi connectivity index (χ3v) is 2.35. The summed E-state index contributed by atoms with van der Waals surface area (Å²) in [5.74, 6) is 0.269. The van der Waals surface area contributed by atoms with E-state index in [9.17, 15) is 4.79 Å². The number of anilines is 1. The van der Waals surface area contributed by atoms with Crippen LogP contribution in [0.1, 0.15) is 39.5 Å². The van der Waals surface area contributed by atoms with Crippen LogP contribution in [0.2, 0.25) is 0 Å². The molecule has 0 aliphatic rings. The molecule has 0 aliphatic heterocycles. The number of nitrogens with one attached hydrogen (secondary N) is 2. The van der Waals surface area contributed by atoms with Crippen LogP contribution in [0.15, 0.2) is 0 Å². The fourth-order valence-electron chi connectivity index (χ4n) is 1.40. The van der Waals surface area contributed by atoms with Crippen LogP contribution in [0, 0.1) is 5.92 Å². The zero-order valence-electron chi connectivity index (χ0n) is 9.16. The molecule has 0 spiro atoms. The predicted molar refractivity (Wildman–Crippen MR) is 56.1 cm³/mol. The van der Waals surface area contributed by atoms with Crippen molar-refractivity contribution in [3.8, 4) is 0 Å². The lowest BCUT2D eigenvalue weighted by molar-refractivity contribution is -0.120. The Hall–Kier alpha value is -1.46. The first-order valence-corrected chi connectivity index (χ1v) is 5.32. The Balaban J connectivity index is 2.43. The van der Waals surface area contributed by atoms with Gasteiger partial charge in [-0.3, -0.25) is 10.1 Å². The van der Waals surface area contributed by atoms with Crippen molar-refractivity contribution in [3.63, 3.8) is 0 Å². The lowest BCUT2D eigenvalue weighted by Crippen LogP contribution is -2.23. The van der Waals surface area contributed by atoms with Gasteiger partial charge in [-0.25, -0.2) is 0 Å². The molecule has 0 saturated heterocycles. The SMILES string of the molecule is CCCCC(CC)C(=O)Nc1nn[nH]n1. The van der Waals surface area contributed by atoms with Crippen LogP contribution >= 0.6 is 0 Å². The van der Waals surface area contributed by atoms with E-state index >= 15 is 0 Å². The first-order chi connectivity index (χ1) is 7.27.